The predicted molar refractivity (Wildman–Crippen MR) is 72.4 cm³/mol. The molecular weight excluding hydrogens is 250 g/mol. The first-order valence-corrected chi connectivity index (χ1v) is 6.51. The zero-order chi connectivity index (χ0) is 13.5. The zero-order valence-electron chi connectivity index (χ0n) is 10.5. The minimum atomic E-state index is -0.249. The molecule has 2 amide bonds. The quantitative estimate of drug-likeness (QED) is 0.799. The van der Waals surface area contributed by atoms with Crippen LogP contribution in [0, 0.1) is 5.92 Å². The molecule has 1 heterocycles. The summed E-state index contributed by atoms with van der Waals surface area (Å²) in [5.74, 6) is -0.456. The first kappa shape index (κ1) is 14.4. The number of aromatic nitrogens is 1. The van der Waals surface area contributed by atoms with Crippen LogP contribution in [0.2, 0.25) is 0 Å². The molecule has 0 spiro atoms. The smallest absolute Gasteiger partial charge is 0.245 e. The van der Waals surface area contributed by atoms with Crippen molar-refractivity contribution in [3.8, 4) is 0 Å². The van der Waals surface area contributed by atoms with Gasteiger partial charge in [0.25, 0.3) is 0 Å². The molecule has 1 aromatic heterocycles. The fourth-order valence-electron chi connectivity index (χ4n) is 1.37. The molecule has 0 aliphatic heterocycles. The molecule has 0 radical (unpaired) electrons. The highest BCUT2D eigenvalue weighted by atomic mass is 32.1. The molecule has 0 aliphatic rings. The Bertz CT molecular complexity index is 415. The van der Waals surface area contributed by atoms with E-state index in [4.69, 9.17) is 0 Å². The number of carbonyl (C=O) groups is 2. The van der Waals surface area contributed by atoms with Crippen LogP contribution < -0.4 is 5.32 Å². The molecule has 0 saturated heterocycles. The topological polar surface area (TPSA) is 62.3 Å². The summed E-state index contributed by atoms with van der Waals surface area (Å²) in [6.07, 6.45) is 3.22. The molecule has 0 aliphatic carbocycles. The standard InChI is InChI=1S/C12H17N3O2S/c1-4-6-15(11(17)9(2)3)8-10(16)14-12-13-5-7-18-12/h4-5,7,9H,1,6,8H2,2-3H3,(H,13,14,16). The van der Waals surface area contributed by atoms with Crippen molar-refractivity contribution in [2.45, 2.75) is 13.8 Å². The van der Waals surface area contributed by atoms with Crippen LogP contribution in [0.4, 0.5) is 5.13 Å². The van der Waals surface area contributed by atoms with Crippen molar-refractivity contribution in [1.82, 2.24) is 9.88 Å². The van der Waals surface area contributed by atoms with Crippen molar-refractivity contribution in [3.05, 3.63) is 24.2 Å². The number of nitrogens with one attached hydrogen (secondary N) is 1. The van der Waals surface area contributed by atoms with Gasteiger partial charge in [0.05, 0.1) is 0 Å². The van der Waals surface area contributed by atoms with E-state index < -0.39 is 0 Å². The van der Waals surface area contributed by atoms with Gasteiger partial charge in [-0.15, -0.1) is 17.9 Å². The van der Waals surface area contributed by atoms with Gasteiger partial charge in [0.15, 0.2) is 5.13 Å². The zero-order valence-corrected chi connectivity index (χ0v) is 11.4. The molecule has 1 aromatic rings. The van der Waals surface area contributed by atoms with Gasteiger partial charge >= 0.3 is 0 Å². The van der Waals surface area contributed by atoms with Crippen LogP contribution >= 0.6 is 11.3 Å². The lowest BCUT2D eigenvalue weighted by atomic mass is 10.2. The van der Waals surface area contributed by atoms with Crippen LogP contribution in [-0.2, 0) is 9.59 Å². The Morgan fingerprint density at radius 2 is 2.33 bits per heavy atom. The third kappa shape index (κ3) is 4.29. The fraction of sp³-hybridized carbons (Fsp3) is 0.417. The van der Waals surface area contributed by atoms with Gasteiger partial charge in [-0.2, -0.15) is 0 Å². The second kappa shape index (κ2) is 6.90. The third-order valence-electron chi connectivity index (χ3n) is 2.17. The van der Waals surface area contributed by atoms with Crippen molar-refractivity contribution in [2.75, 3.05) is 18.4 Å². The van der Waals surface area contributed by atoms with Crippen LogP contribution in [0.3, 0.4) is 0 Å². The average Bonchev–Trinajstić information content (AvgIpc) is 2.80. The van der Waals surface area contributed by atoms with Gasteiger partial charge in [0.2, 0.25) is 11.8 Å². The normalized spacial score (nSPS) is 10.2. The Balaban J connectivity index is 2.57. The van der Waals surface area contributed by atoms with E-state index in [1.54, 1.807) is 31.5 Å². The number of hydrogen-bond acceptors (Lipinski definition) is 4. The minimum absolute atomic E-state index is 0.0165. The van der Waals surface area contributed by atoms with E-state index in [9.17, 15) is 9.59 Å². The molecular formula is C12H17N3O2S. The molecule has 18 heavy (non-hydrogen) atoms. The summed E-state index contributed by atoms with van der Waals surface area (Å²) in [6, 6.07) is 0. The van der Waals surface area contributed by atoms with Crippen LogP contribution in [0.25, 0.3) is 0 Å². The minimum Gasteiger partial charge on any atom is -0.329 e. The SMILES string of the molecule is C=CCN(CC(=O)Nc1nccs1)C(=O)C(C)C. The molecule has 1 rings (SSSR count). The molecule has 1 N–H and O–H groups in total. The van der Waals surface area contributed by atoms with Gasteiger partial charge < -0.3 is 10.2 Å². The second-order valence-corrected chi connectivity index (χ2v) is 4.94. The van der Waals surface area contributed by atoms with E-state index in [0.717, 1.165) is 0 Å². The predicted octanol–water partition coefficient (Wildman–Crippen LogP) is 1.75. The highest BCUT2D eigenvalue weighted by molar-refractivity contribution is 7.13. The van der Waals surface area contributed by atoms with Gasteiger partial charge in [0, 0.05) is 24.0 Å². The van der Waals surface area contributed by atoms with E-state index in [0.29, 0.717) is 11.7 Å². The number of amides is 2. The van der Waals surface area contributed by atoms with E-state index in [-0.39, 0.29) is 24.3 Å². The van der Waals surface area contributed by atoms with Gasteiger partial charge in [-0.3, -0.25) is 9.59 Å². The average molecular weight is 267 g/mol. The van der Waals surface area contributed by atoms with Crippen molar-refractivity contribution >= 4 is 28.3 Å². The van der Waals surface area contributed by atoms with E-state index in [1.165, 1.54) is 16.2 Å². The maximum atomic E-state index is 11.9. The molecule has 0 unspecified atom stereocenters. The summed E-state index contributed by atoms with van der Waals surface area (Å²) < 4.78 is 0. The Morgan fingerprint density at radius 3 is 2.83 bits per heavy atom. The number of nitrogens with zero attached hydrogens (tertiary/aromatic N) is 2. The van der Waals surface area contributed by atoms with Gasteiger partial charge in [-0.1, -0.05) is 19.9 Å². The summed E-state index contributed by atoms with van der Waals surface area (Å²) in [5, 5.41) is 4.96. The monoisotopic (exact) mass is 267 g/mol. The molecule has 98 valence electrons. The first-order chi connectivity index (χ1) is 8.54. The third-order valence-corrected chi connectivity index (χ3v) is 2.86. The highest BCUT2D eigenvalue weighted by Gasteiger charge is 2.18. The Hall–Kier alpha value is -1.69. The molecule has 6 heteroatoms. The lowest BCUT2D eigenvalue weighted by Gasteiger charge is -2.22. The maximum absolute atomic E-state index is 11.9. The molecule has 5 nitrogen and oxygen atoms in total. The Labute approximate surface area is 111 Å². The van der Waals surface area contributed by atoms with E-state index >= 15 is 0 Å². The number of thiazole rings is 1. The highest BCUT2D eigenvalue weighted by Crippen LogP contribution is 2.10. The van der Waals surface area contributed by atoms with Crippen LogP contribution in [0.15, 0.2) is 24.2 Å². The Morgan fingerprint density at radius 1 is 1.61 bits per heavy atom. The number of carbonyl (C=O) groups excluding carboxylic acids is 2. The second-order valence-electron chi connectivity index (χ2n) is 4.05. The molecule has 0 atom stereocenters. The van der Waals surface area contributed by atoms with Gasteiger partial charge in [-0.25, -0.2) is 4.98 Å². The summed E-state index contributed by atoms with van der Waals surface area (Å²) in [5.41, 5.74) is 0. The first-order valence-electron chi connectivity index (χ1n) is 5.63. The van der Waals surface area contributed by atoms with E-state index in [2.05, 4.69) is 16.9 Å². The summed E-state index contributed by atoms with van der Waals surface area (Å²) in [7, 11) is 0. The lowest BCUT2D eigenvalue weighted by molar-refractivity contribution is -0.136. The molecule has 0 aromatic carbocycles. The van der Waals surface area contributed by atoms with E-state index in [1.807, 2.05) is 0 Å². The summed E-state index contributed by atoms with van der Waals surface area (Å²) in [4.78, 5) is 29.0. The Kier molecular flexibility index (Phi) is 5.51. The van der Waals surface area contributed by atoms with Crippen molar-refractivity contribution in [3.63, 3.8) is 0 Å². The number of anilines is 1. The van der Waals surface area contributed by atoms with Crippen molar-refractivity contribution < 1.29 is 9.59 Å². The number of hydrogen-bond donors (Lipinski definition) is 1. The van der Waals surface area contributed by atoms with Crippen LogP contribution in [-0.4, -0.2) is 34.8 Å². The summed E-state index contributed by atoms with van der Waals surface area (Å²) >= 11 is 1.34. The molecule has 0 bridgehead atoms. The molecule has 0 fully saturated rings. The van der Waals surface area contributed by atoms with Crippen molar-refractivity contribution in [1.29, 1.82) is 0 Å². The van der Waals surface area contributed by atoms with Crippen molar-refractivity contribution in [2.24, 2.45) is 5.92 Å². The largest absolute Gasteiger partial charge is 0.329 e. The lowest BCUT2D eigenvalue weighted by Crippen LogP contribution is -2.40. The fourth-order valence-corrected chi connectivity index (χ4v) is 1.92. The van der Waals surface area contributed by atoms with Crippen LogP contribution in [0.5, 0.6) is 0 Å². The van der Waals surface area contributed by atoms with Gasteiger partial charge in [-0.05, 0) is 0 Å². The summed E-state index contributed by atoms with van der Waals surface area (Å²) in [6.45, 7) is 7.57. The van der Waals surface area contributed by atoms with Gasteiger partial charge in [0.1, 0.15) is 6.54 Å². The van der Waals surface area contributed by atoms with Crippen LogP contribution in [0.1, 0.15) is 13.8 Å². The maximum Gasteiger partial charge on any atom is 0.245 e. The number of rotatable bonds is 6. The molecule has 0 saturated carbocycles.